The molecule has 128 valence electrons. The van der Waals surface area contributed by atoms with Crippen LogP contribution in [0.3, 0.4) is 0 Å². The molecule has 2 aromatic heterocycles. The molecule has 5 heteroatoms. The van der Waals surface area contributed by atoms with Crippen molar-refractivity contribution < 1.29 is 4.79 Å². The molecule has 0 saturated carbocycles. The van der Waals surface area contributed by atoms with Crippen molar-refractivity contribution in [2.45, 2.75) is 26.7 Å². The molecule has 3 aromatic rings. The van der Waals surface area contributed by atoms with Gasteiger partial charge in [-0.2, -0.15) is 5.10 Å². The zero-order valence-corrected chi connectivity index (χ0v) is 15.2. The van der Waals surface area contributed by atoms with Crippen LogP contribution in [0.25, 0.3) is 5.69 Å². The molecular weight excluding hydrogens is 330 g/mol. The summed E-state index contributed by atoms with van der Waals surface area (Å²) in [6, 6.07) is 15.6. The monoisotopic (exact) mass is 351 g/mol. The van der Waals surface area contributed by atoms with Gasteiger partial charge in [-0.05, 0) is 61.9 Å². The van der Waals surface area contributed by atoms with Gasteiger partial charge in [0.05, 0.1) is 10.6 Å². The largest absolute Gasteiger partial charge is 0.324 e. The zero-order chi connectivity index (χ0) is 17.6. The lowest BCUT2D eigenvalue weighted by Gasteiger charge is -2.06. The molecule has 1 amide bonds. The fraction of sp³-hybridized carbons (Fsp3) is 0.200. The first-order valence-corrected chi connectivity index (χ1v) is 9.16. The Kier molecular flexibility index (Phi) is 5.46. The van der Waals surface area contributed by atoms with Gasteiger partial charge in [0.1, 0.15) is 0 Å². The molecule has 0 aliphatic carbocycles. The van der Waals surface area contributed by atoms with Crippen molar-refractivity contribution in [1.29, 1.82) is 0 Å². The number of aromatic nitrogens is 1. The Bertz CT molecular complexity index is 861. The van der Waals surface area contributed by atoms with Gasteiger partial charge in [0.2, 0.25) is 0 Å². The first kappa shape index (κ1) is 17.2. The molecule has 1 aromatic carbocycles. The van der Waals surface area contributed by atoms with Crippen LogP contribution < -0.4 is 5.43 Å². The minimum absolute atomic E-state index is 0.194. The summed E-state index contributed by atoms with van der Waals surface area (Å²) in [5.74, 6) is -0.194. The van der Waals surface area contributed by atoms with E-state index in [-0.39, 0.29) is 5.91 Å². The molecule has 0 bridgehead atoms. The molecule has 0 unspecified atom stereocenters. The molecule has 0 spiro atoms. The summed E-state index contributed by atoms with van der Waals surface area (Å²) in [7, 11) is 0. The lowest BCUT2D eigenvalue weighted by atomic mass is 10.2. The first-order chi connectivity index (χ1) is 12.2. The van der Waals surface area contributed by atoms with E-state index in [0.717, 1.165) is 29.1 Å². The maximum Gasteiger partial charge on any atom is 0.271 e. The Hall–Kier alpha value is -2.66. The van der Waals surface area contributed by atoms with Gasteiger partial charge in [0, 0.05) is 28.5 Å². The van der Waals surface area contributed by atoms with Gasteiger partial charge < -0.3 is 4.57 Å². The molecule has 1 N–H and O–H groups in total. The van der Waals surface area contributed by atoms with Gasteiger partial charge in [-0.3, -0.25) is 4.79 Å². The fourth-order valence-electron chi connectivity index (χ4n) is 2.54. The molecule has 0 atom stereocenters. The van der Waals surface area contributed by atoms with Crippen LogP contribution in [0.5, 0.6) is 0 Å². The summed E-state index contributed by atoms with van der Waals surface area (Å²) in [5, 5.41) is 4.37. The molecular formula is C20H21N3OS. The maximum atomic E-state index is 12.4. The number of hydrogen-bond acceptors (Lipinski definition) is 3. The number of thiophene rings is 1. The number of rotatable bonds is 6. The number of nitrogens with one attached hydrogen (secondary N) is 1. The van der Waals surface area contributed by atoms with Crippen molar-refractivity contribution in [3.63, 3.8) is 0 Å². The number of carbonyl (C=O) groups excluding carboxylic acids is 1. The van der Waals surface area contributed by atoms with E-state index < -0.39 is 0 Å². The van der Waals surface area contributed by atoms with Crippen molar-refractivity contribution in [2.24, 2.45) is 5.10 Å². The van der Waals surface area contributed by atoms with E-state index in [9.17, 15) is 4.79 Å². The van der Waals surface area contributed by atoms with Gasteiger partial charge in [0.15, 0.2) is 0 Å². The lowest BCUT2D eigenvalue weighted by Crippen LogP contribution is -2.19. The second-order valence-electron chi connectivity index (χ2n) is 5.80. The van der Waals surface area contributed by atoms with Crippen molar-refractivity contribution in [3.05, 3.63) is 76.2 Å². The van der Waals surface area contributed by atoms with E-state index in [2.05, 4.69) is 36.5 Å². The van der Waals surface area contributed by atoms with Crippen molar-refractivity contribution >= 4 is 23.0 Å². The van der Waals surface area contributed by atoms with E-state index in [4.69, 9.17) is 0 Å². The number of hydrogen-bond donors (Lipinski definition) is 1. The average Bonchev–Trinajstić information content (AvgIpc) is 3.30. The van der Waals surface area contributed by atoms with Crippen LogP contribution in [0.2, 0.25) is 0 Å². The second-order valence-corrected chi connectivity index (χ2v) is 7.08. The minimum Gasteiger partial charge on any atom is -0.324 e. The highest BCUT2D eigenvalue weighted by molar-refractivity contribution is 7.14. The normalized spacial score (nSPS) is 11.5. The molecule has 2 heterocycles. The average molecular weight is 351 g/mol. The van der Waals surface area contributed by atoms with Crippen LogP contribution in [0.1, 0.15) is 39.9 Å². The SMILES string of the molecule is CCCC(=NNC(=O)c1ccc(-n2cccc2)cc1)c1ccc(C)s1. The maximum absolute atomic E-state index is 12.4. The van der Waals surface area contributed by atoms with Crippen LogP contribution in [0.15, 0.2) is 66.0 Å². The quantitative estimate of drug-likeness (QED) is 0.504. The summed E-state index contributed by atoms with van der Waals surface area (Å²) in [5.41, 5.74) is 5.24. The molecule has 3 rings (SSSR count). The van der Waals surface area contributed by atoms with E-state index in [0.29, 0.717) is 5.56 Å². The predicted molar refractivity (Wildman–Crippen MR) is 104 cm³/mol. The van der Waals surface area contributed by atoms with E-state index in [1.807, 2.05) is 53.4 Å². The standard InChI is InChI=1S/C20H21N3OS/c1-3-6-18(19-12-7-15(2)25-19)21-22-20(24)16-8-10-17(11-9-16)23-13-4-5-14-23/h4-5,7-14H,3,6H2,1-2H3,(H,22,24). The first-order valence-electron chi connectivity index (χ1n) is 8.34. The topological polar surface area (TPSA) is 46.4 Å². The van der Waals surface area contributed by atoms with Crippen LogP contribution in [-0.4, -0.2) is 16.2 Å². The zero-order valence-electron chi connectivity index (χ0n) is 14.4. The summed E-state index contributed by atoms with van der Waals surface area (Å²) in [6.07, 6.45) is 5.77. The minimum atomic E-state index is -0.194. The third-order valence-electron chi connectivity index (χ3n) is 3.84. The Morgan fingerprint density at radius 1 is 1.12 bits per heavy atom. The van der Waals surface area contributed by atoms with Crippen LogP contribution >= 0.6 is 11.3 Å². The van der Waals surface area contributed by atoms with E-state index in [1.165, 1.54) is 4.88 Å². The van der Waals surface area contributed by atoms with Gasteiger partial charge in [0.25, 0.3) is 5.91 Å². The third-order valence-corrected chi connectivity index (χ3v) is 4.89. The highest BCUT2D eigenvalue weighted by Gasteiger charge is 2.09. The Balaban J connectivity index is 1.72. The smallest absolute Gasteiger partial charge is 0.271 e. The van der Waals surface area contributed by atoms with E-state index in [1.54, 1.807) is 11.3 Å². The van der Waals surface area contributed by atoms with Crippen molar-refractivity contribution in [2.75, 3.05) is 0 Å². The fourth-order valence-corrected chi connectivity index (χ4v) is 3.42. The summed E-state index contributed by atoms with van der Waals surface area (Å²) >= 11 is 1.70. The third kappa shape index (κ3) is 4.25. The van der Waals surface area contributed by atoms with Crippen LogP contribution in [-0.2, 0) is 0 Å². The molecule has 0 saturated heterocycles. The van der Waals surface area contributed by atoms with Gasteiger partial charge in [-0.25, -0.2) is 5.43 Å². The van der Waals surface area contributed by atoms with Crippen LogP contribution in [0, 0.1) is 6.92 Å². The number of aryl methyl sites for hydroxylation is 1. The highest BCUT2D eigenvalue weighted by Crippen LogP contribution is 2.18. The second kappa shape index (κ2) is 7.94. The Labute approximate surface area is 151 Å². The lowest BCUT2D eigenvalue weighted by molar-refractivity contribution is 0.0955. The molecule has 0 aliphatic rings. The summed E-state index contributed by atoms with van der Waals surface area (Å²) in [4.78, 5) is 14.7. The van der Waals surface area contributed by atoms with Gasteiger partial charge >= 0.3 is 0 Å². The molecule has 0 radical (unpaired) electrons. The summed E-state index contributed by atoms with van der Waals surface area (Å²) < 4.78 is 2.00. The number of nitrogens with zero attached hydrogens (tertiary/aromatic N) is 2. The Morgan fingerprint density at radius 3 is 2.44 bits per heavy atom. The van der Waals surface area contributed by atoms with Crippen LogP contribution in [0.4, 0.5) is 0 Å². The van der Waals surface area contributed by atoms with Crippen molar-refractivity contribution in [1.82, 2.24) is 9.99 Å². The number of hydrazone groups is 1. The molecule has 4 nitrogen and oxygen atoms in total. The molecule has 25 heavy (non-hydrogen) atoms. The summed E-state index contributed by atoms with van der Waals surface area (Å²) in [6.45, 7) is 4.18. The van der Waals surface area contributed by atoms with E-state index >= 15 is 0 Å². The van der Waals surface area contributed by atoms with Gasteiger partial charge in [-0.1, -0.05) is 13.3 Å². The number of amides is 1. The highest BCUT2D eigenvalue weighted by atomic mass is 32.1. The molecule has 0 aliphatic heterocycles. The van der Waals surface area contributed by atoms with Gasteiger partial charge in [-0.15, -0.1) is 11.3 Å². The molecule has 0 fully saturated rings. The van der Waals surface area contributed by atoms with Crippen molar-refractivity contribution in [3.8, 4) is 5.69 Å². The number of carbonyl (C=O) groups is 1. The Morgan fingerprint density at radius 2 is 1.84 bits per heavy atom. The number of benzene rings is 1. The predicted octanol–water partition coefficient (Wildman–Crippen LogP) is 4.78.